The van der Waals surface area contributed by atoms with Crippen LogP contribution in [0.15, 0.2) is 16.7 Å². The maximum absolute atomic E-state index is 4.48. The van der Waals surface area contributed by atoms with Crippen molar-refractivity contribution in [3.05, 3.63) is 22.3 Å². The lowest BCUT2D eigenvalue weighted by atomic mass is 9.99. The van der Waals surface area contributed by atoms with Crippen LogP contribution in [0.25, 0.3) is 0 Å². The number of piperidine rings is 1. The van der Waals surface area contributed by atoms with Gasteiger partial charge in [-0.05, 0) is 46.8 Å². The third kappa shape index (κ3) is 2.59. The molecular formula is C12H16Br2N2. The number of hydrogen-bond donors (Lipinski definition) is 0. The normalized spacial score (nSPS) is 25.9. The average Bonchev–Trinajstić information content (AvgIpc) is 2.26. The van der Waals surface area contributed by atoms with Crippen molar-refractivity contribution >= 4 is 37.7 Å². The van der Waals surface area contributed by atoms with Crippen molar-refractivity contribution < 1.29 is 0 Å². The standard InChI is InChI=1S/C12H16Br2N2/c1-8-3-4-16(7-11(8)14)12-5-9(2)10(13)6-15-12/h5-6,8,11H,3-4,7H2,1-2H3. The molecule has 0 N–H and O–H groups in total. The summed E-state index contributed by atoms with van der Waals surface area (Å²) < 4.78 is 1.08. The van der Waals surface area contributed by atoms with Crippen molar-refractivity contribution in [2.75, 3.05) is 18.0 Å². The summed E-state index contributed by atoms with van der Waals surface area (Å²) in [5.74, 6) is 1.85. The molecule has 2 atom stereocenters. The Hall–Kier alpha value is -0.0900. The minimum atomic E-state index is 0.576. The summed E-state index contributed by atoms with van der Waals surface area (Å²) >= 11 is 7.23. The average molecular weight is 348 g/mol. The first-order chi connectivity index (χ1) is 7.58. The van der Waals surface area contributed by atoms with Crippen LogP contribution >= 0.6 is 31.9 Å². The van der Waals surface area contributed by atoms with Crippen LogP contribution in [0.5, 0.6) is 0 Å². The minimum absolute atomic E-state index is 0.576. The molecule has 1 aliphatic rings. The number of halogens is 2. The second-order valence-corrected chi connectivity index (χ2v) is 6.55. The van der Waals surface area contributed by atoms with Gasteiger partial charge in [0.1, 0.15) is 5.82 Å². The van der Waals surface area contributed by atoms with Gasteiger partial charge in [-0.25, -0.2) is 4.98 Å². The SMILES string of the molecule is Cc1cc(N2CCC(C)C(Br)C2)ncc1Br. The Balaban J connectivity index is 2.15. The highest BCUT2D eigenvalue weighted by Crippen LogP contribution is 2.27. The van der Waals surface area contributed by atoms with Crippen LogP contribution in [-0.2, 0) is 0 Å². The van der Waals surface area contributed by atoms with Crippen molar-refractivity contribution in [2.24, 2.45) is 5.92 Å². The van der Waals surface area contributed by atoms with Gasteiger partial charge >= 0.3 is 0 Å². The van der Waals surface area contributed by atoms with E-state index in [1.807, 2.05) is 6.20 Å². The summed E-state index contributed by atoms with van der Waals surface area (Å²) in [6.45, 7) is 6.57. The highest BCUT2D eigenvalue weighted by Gasteiger charge is 2.24. The lowest BCUT2D eigenvalue weighted by Gasteiger charge is -2.35. The second-order valence-electron chi connectivity index (χ2n) is 4.52. The van der Waals surface area contributed by atoms with Gasteiger partial charge in [0.15, 0.2) is 0 Å². The zero-order valence-corrected chi connectivity index (χ0v) is 12.8. The minimum Gasteiger partial charge on any atom is -0.355 e. The Labute approximate surface area is 114 Å². The van der Waals surface area contributed by atoms with Crippen LogP contribution in [0.1, 0.15) is 18.9 Å². The fourth-order valence-corrected chi connectivity index (χ4v) is 2.76. The zero-order valence-electron chi connectivity index (χ0n) is 9.58. The summed E-state index contributed by atoms with van der Waals surface area (Å²) in [6, 6.07) is 2.15. The monoisotopic (exact) mass is 346 g/mol. The Morgan fingerprint density at radius 2 is 2.25 bits per heavy atom. The molecule has 0 amide bonds. The Morgan fingerprint density at radius 1 is 1.50 bits per heavy atom. The van der Waals surface area contributed by atoms with Gasteiger partial charge in [0.25, 0.3) is 0 Å². The van der Waals surface area contributed by atoms with Crippen LogP contribution < -0.4 is 4.90 Å². The van der Waals surface area contributed by atoms with E-state index in [2.05, 4.69) is 61.7 Å². The highest BCUT2D eigenvalue weighted by molar-refractivity contribution is 9.10. The van der Waals surface area contributed by atoms with Gasteiger partial charge in [0.2, 0.25) is 0 Å². The molecule has 1 fully saturated rings. The summed E-state index contributed by atoms with van der Waals surface area (Å²) in [7, 11) is 0. The number of rotatable bonds is 1. The summed E-state index contributed by atoms with van der Waals surface area (Å²) in [6.07, 6.45) is 3.12. The molecule has 88 valence electrons. The number of hydrogen-bond acceptors (Lipinski definition) is 2. The van der Waals surface area contributed by atoms with Gasteiger partial charge in [-0.1, -0.05) is 22.9 Å². The molecule has 2 rings (SSSR count). The maximum Gasteiger partial charge on any atom is 0.128 e. The molecule has 0 radical (unpaired) electrons. The Kier molecular flexibility index (Phi) is 3.90. The number of pyridine rings is 1. The molecule has 4 heteroatoms. The van der Waals surface area contributed by atoms with Crippen molar-refractivity contribution in [1.29, 1.82) is 0 Å². The first-order valence-electron chi connectivity index (χ1n) is 5.59. The van der Waals surface area contributed by atoms with Crippen LogP contribution in [0.3, 0.4) is 0 Å². The quantitative estimate of drug-likeness (QED) is 0.719. The van der Waals surface area contributed by atoms with Crippen molar-refractivity contribution in [1.82, 2.24) is 4.98 Å². The Morgan fingerprint density at radius 3 is 2.88 bits per heavy atom. The summed E-state index contributed by atoms with van der Waals surface area (Å²) in [5.41, 5.74) is 1.25. The lowest BCUT2D eigenvalue weighted by Crippen LogP contribution is -2.40. The van der Waals surface area contributed by atoms with E-state index >= 15 is 0 Å². The van der Waals surface area contributed by atoms with Gasteiger partial charge in [0.05, 0.1) is 0 Å². The molecule has 2 nitrogen and oxygen atoms in total. The van der Waals surface area contributed by atoms with Gasteiger partial charge in [0, 0.05) is 28.6 Å². The van der Waals surface area contributed by atoms with E-state index < -0.39 is 0 Å². The molecule has 1 saturated heterocycles. The van der Waals surface area contributed by atoms with Gasteiger partial charge in [-0.3, -0.25) is 0 Å². The molecule has 0 aromatic carbocycles. The van der Waals surface area contributed by atoms with Crippen LogP contribution in [0.4, 0.5) is 5.82 Å². The predicted octanol–water partition coefficient (Wildman–Crippen LogP) is 3.76. The molecule has 1 aromatic rings. The number of aryl methyl sites for hydroxylation is 1. The fraction of sp³-hybridized carbons (Fsp3) is 0.583. The third-order valence-corrected chi connectivity index (χ3v) is 5.25. The predicted molar refractivity (Wildman–Crippen MR) is 75.4 cm³/mol. The molecule has 0 bridgehead atoms. The van der Waals surface area contributed by atoms with Crippen LogP contribution in [-0.4, -0.2) is 22.9 Å². The zero-order chi connectivity index (χ0) is 11.7. The number of anilines is 1. The molecule has 0 aliphatic carbocycles. The second kappa shape index (κ2) is 5.05. The van der Waals surface area contributed by atoms with Gasteiger partial charge in [-0.15, -0.1) is 0 Å². The Bertz CT molecular complexity index is 381. The van der Waals surface area contributed by atoms with Crippen molar-refractivity contribution in [3.8, 4) is 0 Å². The van der Waals surface area contributed by atoms with E-state index in [1.54, 1.807) is 0 Å². The lowest BCUT2D eigenvalue weighted by molar-refractivity contribution is 0.454. The van der Waals surface area contributed by atoms with Crippen LogP contribution in [0.2, 0.25) is 0 Å². The van der Waals surface area contributed by atoms with Gasteiger partial charge < -0.3 is 4.90 Å². The molecule has 2 unspecified atom stereocenters. The molecule has 1 aliphatic heterocycles. The molecule has 1 aromatic heterocycles. The number of alkyl halides is 1. The maximum atomic E-state index is 4.48. The summed E-state index contributed by atoms with van der Waals surface area (Å²) in [5, 5.41) is 0. The van der Waals surface area contributed by atoms with Crippen LogP contribution in [0, 0.1) is 12.8 Å². The largest absolute Gasteiger partial charge is 0.355 e. The van der Waals surface area contributed by atoms with E-state index in [0.717, 1.165) is 29.3 Å². The van der Waals surface area contributed by atoms with Crippen molar-refractivity contribution in [2.45, 2.75) is 25.1 Å². The summed E-state index contributed by atoms with van der Waals surface area (Å²) in [4.78, 5) is 7.42. The molecular weight excluding hydrogens is 332 g/mol. The highest BCUT2D eigenvalue weighted by atomic mass is 79.9. The van der Waals surface area contributed by atoms with E-state index in [1.165, 1.54) is 12.0 Å². The molecule has 0 saturated carbocycles. The first kappa shape index (κ1) is 12.4. The van der Waals surface area contributed by atoms with Gasteiger partial charge in [-0.2, -0.15) is 0 Å². The van der Waals surface area contributed by atoms with E-state index in [4.69, 9.17) is 0 Å². The molecule has 2 heterocycles. The first-order valence-corrected chi connectivity index (χ1v) is 7.30. The number of aromatic nitrogens is 1. The topological polar surface area (TPSA) is 16.1 Å². The molecule has 0 spiro atoms. The fourth-order valence-electron chi connectivity index (χ4n) is 1.93. The third-order valence-electron chi connectivity index (χ3n) is 3.22. The number of nitrogens with zero attached hydrogens (tertiary/aromatic N) is 2. The smallest absolute Gasteiger partial charge is 0.128 e. The molecule has 16 heavy (non-hydrogen) atoms. The van der Waals surface area contributed by atoms with E-state index in [-0.39, 0.29) is 0 Å². The van der Waals surface area contributed by atoms with Crippen molar-refractivity contribution in [3.63, 3.8) is 0 Å². The van der Waals surface area contributed by atoms with E-state index in [0.29, 0.717) is 4.83 Å². The van der Waals surface area contributed by atoms with E-state index in [9.17, 15) is 0 Å².